The number of anilines is 1. The highest BCUT2D eigenvalue weighted by atomic mass is 32.2. The molecule has 0 saturated carbocycles. The molecule has 0 amide bonds. The number of rotatable bonds is 8. The topological polar surface area (TPSA) is 131 Å². The van der Waals surface area contributed by atoms with E-state index in [-0.39, 0.29) is 22.8 Å². The van der Waals surface area contributed by atoms with E-state index in [0.717, 1.165) is 24.7 Å². The fraction of sp³-hybridized carbons (Fsp3) is 0.455. The van der Waals surface area contributed by atoms with Crippen molar-refractivity contribution < 1.29 is 13.3 Å². The number of nitro groups is 1. The van der Waals surface area contributed by atoms with Crippen molar-refractivity contribution in [3.8, 4) is 0 Å². The molecule has 0 radical (unpaired) electrons. The van der Waals surface area contributed by atoms with Gasteiger partial charge in [-0.05, 0) is 19.7 Å². The van der Waals surface area contributed by atoms with Crippen LogP contribution in [0.1, 0.15) is 6.92 Å². The Hall–Kier alpha value is -1.75. The smallest absolute Gasteiger partial charge is 0.271 e. The predicted octanol–water partition coefficient (Wildman–Crippen LogP) is 0.110. The minimum Gasteiger partial charge on any atom is -0.323 e. The van der Waals surface area contributed by atoms with Crippen LogP contribution in [0.25, 0.3) is 0 Å². The zero-order valence-electron chi connectivity index (χ0n) is 11.9. The summed E-state index contributed by atoms with van der Waals surface area (Å²) in [5.74, 6) is 5.24. The maximum atomic E-state index is 12.2. The standard InChI is InChI=1S/C11H19N5O4S/c1-3-15(2)7-6-13-21(19,20)11-5-4-9(16(17)18)8-10(11)14-12/h4-5,8,13-14H,3,6-7,12H2,1-2H3. The number of hydrogen-bond acceptors (Lipinski definition) is 7. The van der Waals surface area contributed by atoms with Gasteiger partial charge in [-0.1, -0.05) is 6.92 Å². The van der Waals surface area contributed by atoms with Gasteiger partial charge in [0.1, 0.15) is 4.90 Å². The second kappa shape index (κ2) is 7.31. The van der Waals surface area contributed by atoms with E-state index in [1.807, 2.05) is 18.9 Å². The van der Waals surface area contributed by atoms with E-state index in [1.54, 1.807) is 0 Å². The van der Waals surface area contributed by atoms with Crippen LogP contribution in [0, 0.1) is 10.1 Å². The maximum Gasteiger partial charge on any atom is 0.271 e. The summed E-state index contributed by atoms with van der Waals surface area (Å²) in [6.45, 7) is 3.54. The molecule has 0 atom stereocenters. The van der Waals surface area contributed by atoms with E-state index in [1.165, 1.54) is 0 Å². The maximum absolute atomic E-state index is 12.2. The van der Waals surface area contributed by atoms with Gasteiger partial charge >= 0.3 is 0 Å². The molecule has 10 heteroatoms. The molecule has 0 aromatic heterocycles. The zero-order chi connectivity index (χ0) is 16.0. The Balaban J connectivity index is 2.95. The number of nitro benzene ring substituents is 1. The number of nitrogen functional groups attached to an aromatic ring is 1. The number of sulfonamides is 1. The van der Waals surface area contributed by atoms with Gasteiger partial charge < -0.3 is 10.3 Å². The monoisotopic (exact) mass is 317 g/mol. The lowest BCUT2D eigenvalue weighted by atomic mass is 10.3. The molecule has 0 aliphatic heterocycles. The SMILES string of the molecule is CCN(C)CCNS(=O)(=O)c1ccc([N+](=O)[O-])cc1NN. The van der Waals surface area contributed by atoms with Gasteiger partial charge in [-0.2, -0.15) is 0 Å². The molecule has 0 fully saturated rings. The fourth-order valence-electron chi connectivity index (χ4n) is 1.59. The van der Waals surface area contributed by atoms with Crippen LogP contribution in [-0.4, -0.2) is 44.9 Å². The minimum absolute atomic E-state index is 0.0273. The second-order valence-corrected chi connectivity index (χ2v) is 6.11. The molecule has 0 bridgehead atoms. The van der Waals surface area contributed by atoms with Crippen LogP contribution in [0.3, 0.4) is 0 Å². The van der Waals surface area contributed by atoms with Crippen LogP contribution >= 0.6 is 0 Å². The van der Waals surface area contributed by atoms with Crippen LogP contribution in [0.2, 0.25) is 0 Å². The molecular weight excluding hydrogens is 298 g/mol. The van der Waals surface area contributed by atoms with Crippen molar-refractivity contribution in [2.24, 2.45) is 5.84 Å². The molecule has 0 unspecified atom stereocenters. The first kappa shape index (κ1) is 17.3. The van der Waals surface area contributed by atoms with Crippen molar-refractivity contribution in [3.63, 3.8) is 0 Å². The Bertz CT molecular complexity index is 605. The average molecular weight is 317 g/mol. The largest absolute Gasteiger partial charge is 0.323 e. The first-order chi connectivity index (χ1) is 9.81. The molecule has 1 rings (SSSR count). The average Bonchev–Trinajstić information content (AvgIpc) is 2.45. The van der Waals surface area contributed by atoms with Crippen LogP contribution in [0.4, 0.5) is 11.4 Å². The van der Waals surface area contributed by atoms with E-state index in [9.17, 15) is 18.5 Å². The Kier molecular flexibility index (Phi) is 6.03. The van der Waals surface area contributed by atoms with Gasteiger partial charge in [0.05, 0.1) is 10.6 Å². The van der Waals surface area contributed by atoms with Gasteiger partial charge in [0, 0.05) is 25.2 Å². The summed E-state index contributed by atoms with van der Waals surface area (Å²) in [7, 11) is -1.92. The summed E-state index contributed by atoms with van der Waals surface area (Å²) in [4.78, 5) is 11.9. The number of nitrogens with two attached hydrogens (primary N) is 1. The summed E-state index contributed by atoms with van der Waals surface area (Å²) in [6.07, 6.45) is 0. The number of nitrogens with one attached hydrogen (secondary N) is 2. The number of likely N-dealkylation sites (N-methyl/N-ethyl adjacent to an activating group) is 1. The first-order valence-electron chi connectivity index (χ1n) is 6.25. The molecule has 21 heavy (non-hydrogen) atoms. The van der Waals surface area contributed by atoms with Crippen LogP contribution < -0.4 is 16.0 Å². The van der Waals surface area contributed by atoms with Crippen LogP contribution in [0.5, 0.6) is 0 Å². The first-order valence-corrected chi connectivity index (χ1v) is 7.73. The minimum atomic E-state index is -3.79. The van der Waals surface area contributed by atoms with E-state index in [0.29, 0.717) is 6.54 Å². The van der Waals surface area contributed by atoms with Gasteiger partial charge in [0.2, 0.25) is 10.0 Å². The molecule has 4 N–H and O–H groups in total. The molecule has 0 spiro atoms. The van der Waals surface area contributed by atoms with Gasteiger partial charge in [0.15, 0.2) is 0 Å². The van der Waals surface area contributed by atoms with Crippen molar-refractivity contribution >= 4 is 21.4 Å². The van der Waals surface area contributed by atoms with E-state index >= 15 is 0 Å². The Morgan fingerprint density at radius 3 is 2.62 bits per heavy atom. The molecule has 0 aliphatic rings. The molecule has 0 saturated heterocycles. The molecule has 1 aromatic rings. The lowest BCUT2D eigenvalue weighted by Crippen LogP contribution is -2.33. The summed E-state index contributed by atoms with van der Waals surface area (Å²) in [5, 5.41) is 10.7. The molecule has 0 aliphatic carbocycles. The van der Waals surface area contributed by atoms with Gasteiger partial charge in [-0.3, -0.25) is 16.0 Å². The molecule has 9 nitrogen and oxygen atoms in total. The van der Waals surface area contributed by atoms with E-state index < -0.39 is 14.9 Å². The highest BCUT2D eigenvalue weighted by Crippen LogP contribution is 2.25. The zero-order valence-corrected chi connectivity index (χ0v) is 12.7. The number of non-ortho nitro benzene ring substituents is 1. The Morgan fingerprint density at radius 1 is 1.43 bits per heavy atom. The summed E-state index contributed by atoms with van der Waals surface area (Å²) in [6, 6.07) is 3.35. The molecule has 0 heterocycles. The molecule has 1 aromatic carbocycles. The van der Waals surface area contributed by atoms with Crippen molar-refractivity contribution in [2.75, 3.05) is 32.1 Å². The highest BCUT2D eigenvalue weighted by Gasteiger charge is 2.20. The van der Waals surface area contributed by atoms with Gasteiger partial charge in [0.25, 0.3) is 5.69 Å². The lowest BCUT2D eigenvalue weighted by molar-refractivity contribution is -0.384. The molecule has 118 valence electrons. The summed E-state index contributed by atoms with van der Waals surface area (Å²) < 4.78 is 26.8. The van der Waals surface area contributed by atoms with Gasteiger partial charge in [-0.15, -0.1) is 0 Å². The Morgan fingerprint density at radius 2 is 2.10 bits per heavy atom. The number of nitrogens with zero attached hydrogens (tertiary/aromatic N) is 2. The quantitative estimate of drug-likeness (QED) is 0.352. The van der Waals surface area contributed by atoms with Crippen molar-refractivity contribution in [1.29, 1.82) is 0 Å². The summed E-state index contributed by atoms with van der Waals surface area (Å²) >= 11 is 0. The normalized spacial score (nSPS) is 11.6. The van der Waals surface area contributed by atoms with Crippen LogP contribution in [0.15, 0.2) is 23.1 Å². The van der Waals surface area contributed by atoms with Crippen LogP contribution in [-0.2, 0) is 10.0 Å². The van der Waals surface area contributed by atoms with Gasteiger partial charge in [-0.25, -0.2) is 13.1 Å². The third-order valence-electron chi connectivity index (χ3n) is 2.94. The van der Waals surface area contributed by atoms with Crippen molar-refractivity contribution in [1.82, 2.24) is 9.62 Å². The van der Waals surface area contributed by atoms with E-state index in [4.69, 9.17) is 5.84 Å². The predicted molar refractivity (Wildman–Crippen MR) is 79.3 cm³/mol. The van der Waals surface area contributed by atoms with E-state index in [2.05, 4.69) is 10.1 Å². The highest BCUT2D eigenvalue weighted by molar-refractivity contribution is 7.89. The number of benzene rings is 1. The number of hydrogen-bond donors (Lipinski definition) is 3. The third-order valence-corrected chi connectivity index (χ3v) is 4.46. The third kappa shape index (κ3) is 4.63. The van der Waals surface area contributed by atoms with Crippen molar-refractivity contribution in [3.05, 3.63) is 28.3 Å². The molecular formula is C11H19N5O4S. The van der Waals surface area contributed by atoms with Crippen molar-refractivity contribution in [2.45, 2.75) is 11.8 Å². The summed E-state index contributed by atoms with van der Waals surface area (Å²) in [5.41, 5.74) is 1.90. The second-order valence-electron chi connectivity index (χ2n) is 4.38. The lowest BCUT2D eigenvalue weighted by Gasteiger charge is -2.15. The fourth-order valence-corrected chi connectivity index (χ4v) is 2.76. The number of hydrazine groups is 1. The Labute approximate surface area is 123 Å².